The molecule has 1 atom stereocenters. The molecule has 0 aliphatic carbocycles. The first kappa shape index (κ1) is 14.2. The molecule has 1 aliphatic heterocycles. The fourth-order valence-corrected chi connectivity index (χ4v) is 2.54. The minimum atomic E-state index is -0.640. The van der Waals surface area contributed by atoms with Gasteiger partial charge in [-0.2, -0.15) is 5.26 Å². The average molecular weight is 274 g/mol. The van der Waals surface area contributed by atoms with Crippen LogP contribution in [0.15, 0.2) is 12.1 Å². The molecule has 1 amide bonds. The van der Waals surface area contributed by atoms with Crippen LogP contribution >= 0.6 is 0 Å². The van der Waals surface area contributed by atoms with Crippen molar-refractivity contribution in [3.05, 3.63) is 23.3 Å². The first-order valence-corrected chi connectivity index (χ1v) is 6.34. The predicted octanol–water partition coefficient (Wildman–Crippen LogP) is 2.52. The van der Waals surface area contributed by atoms with Gasteiger partial charge in [0.15, 0.2) is 0 Å². The van der Waals surface area contributed by atoms with E-state index in [1.807, 2.05) is 20.8 Å². The molecule has 0 bridgehead atoms. The maximum absolute atomic E-state index is 12.6. The first-order valence-electron chi connectivity index (χ1n) is 6.34. The van der Waals surface area contributed by atoms with E-state index in [9.17, 15) is 10.1 Å². The van der Waals surface area contributed by atoms with Crippen LogP contribution in [0.2, 0.25) is 0 Å². The molecule has 0 saturated heterocycles. The number of nitrogens with zero attached hydrogens (tertiary/aromatic N) is 2. The van der Waals surface area contributed by atoms with Gasteiger partial charge in [-0.1, -0.05) is 0 Å². The predicted molar refractivity (Wildman–Crippen MR) is 73.8 cm³/mol. The lowest BCUT2D eigenvalue weighted by Gasteiger charge is -2.34. The van der Waals surface area contributed by atoms with Crippen molar-refractivity contribution in [2.75, 3.05) is 14.2 Å². The molecule has 0 radical (unpaired) electrons. The summed E-state index contributed by atoms with van der Waals surface area (Å²) in [4.78, 5) is 14.2. The Morgan fingerprint density at radius 1 is 1.25 bits per heavy atom. The Bertz CT molecular complexity index is 596. The van der Waals surface area contributed by atoms with Crippen LogP contribution in [-0.2, 0) is 0 Å². The van der Waals surface area contributed by atoms with Gasteiger partial charge in [0.1, 0.15) is 17.5 Å². The average Bonchev–Trinajstić information content (AvgIpc) is 2.70. The summed E-state index contributed by atoms with van der Waals surface area (Å²) in [6.07, 6.45) is 0. The van der Waals surface area contributed by atoms with Crippen molar-refractivity contribution in [3.63, 3.8) is 0 Å². The number of carbonyl (C=O) groups excluding carboxylic acids is 1. The van der Waals surface area contributed by atoms with E-state index >= 15 is 0 Å². The smallest absolute Gasteiger partial charge is 0.256 e. The summed E-state index contributed by atoms with van der Waals surface area (Å²) >= 11 is 0. The van der Waals surface area contributed by atoms with E-state index in [-0.39, 0.29) is 5.91 Å². The van der Waals surface area contributed by atoms with E-state index in [4.69, 9.17) is 9.47 Å². The van der Waals surface area contributed by atoms with Gasteiger partial charge in [0, 0.05) is 17.2 Å². The number of methoxy groups -OCH3 is 2. The fraction of sp³-hybridized carbons (Fsp3) is 0.467. The highest BCUT2D eigenvalue weighted by Gasteiger charge is 2.44. The minimum Gasteiger partial charge on any atom is -0.497 e. The lowest BCUT2D eigenvalue weighted by Crippen LogP contribution is -2.43. The Morgan fingerprint density at radius 3 is 2.35 bits per heavy atom. The first-order chi connectivity index (χ1) is 9.35. The van der Waals surface area contributed by atoms with E-state index in [1.165, 1.54) is 14.2 Å². The van der Waals surface area contributed by atoms with Crippen molar-refractivity contribution in [1.29, 1.82) is 5.26 Å². The van der Waals surface area contributed by atoms with E-state index in [0.717, 1.165) is 0 Å². The van der Waals surface area contributed by atoms with Gasteiger partial charge < -0.3 is 14.4 Å². The van der Waals surface area contributed by atoms with Gasteiger partial charge in [-0.05, 0) is 26.8 Å². The van der Waals surface area contributed by atoms with Crippen molar-refractivity contribution >= 4 is 5.91 Å². The van der Waals surface area contributed by atoms with Crippen LogP contribution in [0.25, 0.3) is 0 Å². The molecule has 20 heavy (non-hydrogen) atoms. The van der Waals surface area contributed by atoms with E-state index in [0.29, 0.717) is 22.6 Å². The molecular formula is C15H18N2O3. The van der Waals surface area contributed by atoms with Gasteiger partial charge in [-0.15, -0.1) is 0 Å². The number of benzene rings is 1. The molecule has 1 aliphatic rings. The van der Waals surface area contributed by atoms with E-state index < -0.39 is 11.6 Å². The Morgan fingerprint density at radius 2 is 1.90 bits per heavy atom. The summed E-state index contributed by atoms with van der Waals surface area (Å²) in [7, 11) is 3.05. The molecule has 0 N–H and O–H groups in total. The molecule has 0 spiro atoms. The molecule has 106 valence electrons. The number of rotatable bonds is 2. The second-order valence-corrected chi connectivity index (χ2v) is 5.67. The lowest BCUT2D eigenvalue weighted by molar-refractivity contribution is 0.0567. The normalized spacial score (nSPS) is 17.7. The SMILES string of the molecule is COc1cc(OC)c2c(c1)C(=O)N(C(C)(C)C)C2C#N. The summed E-state index contributed by atoms with van der Waals surface area (Å²) < 4.78 is 10.5. The van der Waals surface area contributed by atoms with Crippen molar-refractivity contribution in [3.8, 4) is 17.6 Å². The summed E-state index contributed by atoms with van der Waals surface area (Å²) in [5, 5.41) is 9.48. The van der Waals surface area contributed by atoms with Crippen LogP contribution < -0.4 is 9.47 Å². The zero-order valence-corrected chi connectivity index (χ0v) is 12.4. The second-order valence-electron chi connectivity index (χ2n) is 5.67. The second kappa shape index (κ2) is 4.71. The monoisotopic (exact) mass is 274 g/mol. The Balaban J connectivity index is 2.69. The molecule has 2 rings (SSSR count). The standard InChI is InChI=1S/C15H18N2O3/c1-15(2,3)17-11(8-16)13-10(14(17)18)6-9(19-4)7-12(13)20-5/h6-7,11H,1-5H3. The molecule has 5 heteroatoms. The summed E-state index contributed by atoms with van der Waals surface area (Å²) in [6.45, 7) is 5.72. The maximum atomic E-state index is 12.6. The van der Waals surface area contributed by atoms with Gasteiger partial charge in [0.05, 0.1) is 25.9 Å². The number of carbonyl (C=O) groups is 1. The largest absolute Gasteiger partial charge is 0.497 e. The number of nitriles is 1. The highest BCUT2D eigenvalue weighted by molar-refractivity contribution is 6.01. The highest BCUT2D eigenvalue weighted by Crippen LogP contribution is 2.44. The molecule has 1 aromatic carbocycles. The molecule has 0 fully saturated rings. The summed E-state index contributed by atoms with van der Waals surface area (Å²) in [5.41, 5.74) is 0.646. The van der Waals surface area contributed by atoms with Crippen LogP contribution in [0.3, 0.4) is 0 Å². The minimum absolute atomic E-state index is 0.170. The van der Waals surface area contributed by atoms with Crippen LogP contribution in [0.5, 0.6) is 11.5 Å². The molecule has 1 unspecified atom stereocenters. The summed E-state index contributed by atoms with van der Waals surface area (Å²) in [6, 6.07) is 4.92. The van der Waals surface area contributed by atoms with Crippen molar-refractivity contribution in [1.82, 2.24) is 4.90 Å². The molecule has 0 aromatic heterocycles. The molecular weight excluding hydrogens is 256 g/mol. The number of hydrogen-bond donors (Lipinski definition) is 0. The number of amides is 1. The van der Waals surface area contributed by atoms with Crippen LogP contribution in [0, 0.1) is 11.3 Å². The Hall–Kier alpha value is -2.22. The van der Waals surface area contributed by atoms with Gasteiger partial charge in [-0.3, -0.25) is 4.79 Å². The summed E-state index contributed by atoms with van der Waals surface area (Å²) in [5.74, 6) is 0.878. The van der Waals surface area contributed by atoms with Crippen molar-refractivity contribution in [2.45, 2.75) is 32.4 Å². The number of ether oxygens (including phenoxy) is 2. The Labute approximate surface area is 118 Å². The molecule has 1 heterocycles. The zero-order chi connectivity index (χ0) is 15.1. The number of fused-ring (bicyclic) bond motifs is 1. The third-order valence-electron chi connectivity index (χ3n) is 3.40. The van der Waals surface area contributed by atoms with E-state index in [2.05, 4.69) is 6.07 Å². The fourth-order valence-electron chi connectivity index (χ4n) is 2.54. The highest BCUT2D eigenvalue weighted by atomic mass is 16.5. The lowest BCUT2D eigenvalue weighted by atomic mass is 10.0. The molecule has 1 aromatic rings. The third-order valence-corrected chi connectivity index (χ3v) is 3.40. The Kier molecular flexibility index (Phi) is 3.34. The van der Waals surface area contributed by atoms with Gasteiger partial charge in [-0.25, -0.2) is 0 Å². The van der Waals surface area contributed by atoms with Crippen LogP contribution in [0.1, 0.15) is 42.7 Å². The van der Waals surface area contributed by atoms with Gasteiger partial charge in [0.25, 0.3) is 5.91 Å². The van der Waals surface area contributed by atoms with Crippen molar-refractivity contribution in [2.24, 2.45) is 0 Å². The quantitative estimate of drug-likeness (QED) is 0.831. The molecule has 5 nitrogen and oxygen atoms in total. The topological polar surface area (TPSA) is 62.6 Å². The zero-order valence-electron chi connectivity index (χ0n) is 12.4. The third kappa shape index (κ3) is 1.97. The van der Waals surface area contributed by atoms with E-state index in [1.54, 1.807) is 17.0 Å². The van der Waals surface area contributed by atoms with Crippen LogP contribution in [-0.4, -0.2) is 30.6 Å². The van der Waals surface area contributed by atoms with Gasteiger partial charge >= 0.3 is 0 Å². The number of hydrogen-bond acceptors (Lipinski definition) is 4. The molecule has 0 saturated carbocycles. The van der Waals surface area contributed by atoms with Crippen LogP contribution in [0.4, 0.5) is 0 Å². The maximum Gasteiger partial charge on any atom is 0.256 e. The van der Waals surface area contributed by atoms with Gasteiger partial charge in [0.2, 0.25) is 0 Å². The van der Waals surface area contributed by atoms with Crippen molar-refractivity contribution < 1.29 is 14.3 Å².